The molecule has 146 valence electrons. The van der Waals surface area contributed by atoms with E-state index in [1.807, 2.05) is 0 Å². The molecule has 8 heteroatoms. The number of anilines is 1. The van der Waals surface area contributed by atoms with Gasteiger partial charge in [-0.1, -0.05) is 19.9 Å². The molecule has 0 spiro atoms. The third-order valence-corrected chi connectivity index (χ3v) is 6.18. The second-order valence-electron chi connectivity index (χ2n) is 5.89. The molecule has 0 saturated heterocycles. The fraction of sp³-hybridized carbons (Fsp3) is 0.316. The molecular formula is C19H23FN2O4S. The molecule has 6 nitrogen and oxygen atoms in total. The van der Waals surface area contributed by atoms with Crippen molar-refractivity contribution in [1.82, 2.24) is 4.31 Å². The van der Waals surface area contributed by atoms with Gasteiger partial charge in [0.25, 0.3) is 5.91 Å². The summed E-state index contributed by atoms with van der Waals surface area (Å²) in [6.45, 7) is 5.82. The van der Waals surface area contributed by atoms with Crippen molar-refractivity contribution in [3.05, 3.63) is 53.3 Å². The maximum atomic E-state index is 14.0. The number of ether oxygens (including phenoxy) is 1. The van der Waals surface area contributed by atoms with Crippen LogP contribution < -0.4 is 10.1 Å². The Hall–Kier alpha value is -2.45. The Morgan fingerprint density at radius 3 is 2.37 bits per heavy atom. The van der Waals surface area contributed by atoms with Crippen molar-refractivity contribution in [2.45, 2.75) is 25.7 Å². The van der Waals surface area contributed by atoms with Gasteiger partial charge in [-0.25, -0.2) is 12.8 Å². The number of methoxy groups -OCH3 is 1. The number of aryl methyl sites for hydroxylation is 1. The quantitative estimate of drug-likeness (QED) is 0.781. The van der Waals surface area contributed by atoms with E-state index in [2.05, 4.69) is 5.32 Å². The molecule has 0 saturated carbocycles. The average molecular weight is 394 g/mol. The lowest BCUT2D eigenvalue weighted by molar-refractivity contribution is 0.102. The van der Waals surface area contributed by atoms with E-state index >= 15 is 0 Å². The van der Waals surface area contributed by atoms with Crippen molar-refractivity contribution >= 4 is 21.6 Å². The predicted molar refractivity (Wildman–Crippen MR) is 102 cm³/mol. The van der Waals surface area contributed by atoms with Gasteiger partial charge in [-0.15, -0.1) is 0 Å². The number of hydrogen-bond donors (Lipinski definition) is 1. The standard InChI is InChI=1S/C19H23FN2O4S/c1-5-22(6-2)27(24,25)14-8-10-18(26-4)15(12-14)19(23)21-17-9-7-13(3)11-16(17)20/h7-12H,5-6H2,1-4H3,(H,21,23). The van der Waals surface area contributed by atoms with Crippen LogP contribution in [0, 0.1) is 12.7 Å². The minimum Gasteiger partial charge on any atom is -0.496 e. The molecule has 0 bridgehead atoms. The van der Waals surface area contributed by atoms with E-state index in [0.717, 1.165) is 5.56 Å². The van der Waals surface area contributed by atoms with Crippen molar-refractivity contribution in [1.29, 1.82) is 0 Å². The third kappa shape index (κ3) is 4.45. The number of carbonyl (C=O) groups excluding carboxylic acids is 1. The second kappa shape index (κ2) is 8.49. The van der Waals surface area contributed by atoms with E-state index in [1.165, 1.54) is 41.7 Å². The first-order chi connectivity index (χ1) is 12.7. The van der Waals surface area contributed by atoms with Gasteiger partial charge in [-0.2, -0.15) is 4.31 Å². The van der Waals surface area contributed by atoms with Gasteiger partial charge in [0.2, 0.25) is 10.0 Å². The number of halogens is 1. The van der Waals surface area contributed by atoms with Gasteiger partial charge >= 0.3 is 0 Å². The van der Waals surface area contributed by atoms with E-state index in [-0.39, 0.29) is 21.9 Å². The number of rotatable bonds is 7. The second-order valence-corrected chi connectivity index (χ2v) is 7.83. The molecule has 0 unspecified atom stereocenters. The zero-order chi connectivity index (χ0) is 20.2. The monoisotopic (exact) mass is 394 g/mol. The fourth-order valence-electron chi connectivity index (χ4n) is 2.65. The van der Waals surface area contributed by atoms with Crippen LogP contribution in [0.1, 0.15) is 29.8 Å². The summed E-state index contributed by atoms with van der Waals surface area (Å²) in [7, 11) is -2.37. The Morgan fingerprint density at radius 1 is 1.15 bits per heavy atom. The van der Waals surface area contributed by atoms with Crippen LogP contribution in [0.25, 0.3) is 0 Å². The summed E-state index contributed by atoms with van der Waals surface area (Å²) in [4.78, 5) is 12.6. The molecule has 0 heterocycles. The van der Waals surface area contributed by atoms with E-state index in [9.17, 15) is 17.6 Å². The lowest BCUT2D eigenvalue weighted by Crippen LogP contribution is -2.30. The SMILES string of the molecule is CCN(CC)S(=O)(=O)c1ccc(OC)c(C(=O)Nc2ccc(C)cc2F)c1. The van der Waals surface area contributed by atoms with Crippen molar-refractivity contribution in [2.24, 2.45) is 0 Å². The Kier molecular flexibility index (Phi) is 6.56. The van der Waals surface area contributed by atoms with Gasteiger partial charge in [0.15, 0.2) is 0 Å². The van der Waals surface area contributed by atoms with E-state index in [0.29, 0.717) is 13.1 Å². The first-order valence-corrected chi connectivity index (χ1v) is 9.94. The molecule has 0 fully saturated rings. The molecule has 27 heavy (non-hydrogen) atoms. The molecule has 0 aliphatic carbocycles. The Morgan fingerprint density at radius 2 is 1.81 bits per heavy atom. The summed E-state index contributed by atoms with van der Waals surface area (Å²) < 4.78 is 45.9. The summed E-state index contributed by atoms with van der Waals surface area (Å²) in [5.74, 6) is -1.04. The van der Waals surface area contributed by atoms with Crippen LogP contribution in [0.2, 0.25) is 0 Å². The highest BCUT2D eigenvalue weighted by molar-refractivity contribution is 7.89. The summed E-state index contributed by atoms with van der Waals surface area (Å²) in [5, 5.41) is 2.46. The zero-order valence-corrected chi connectivity index (χ0v) is 16.6. The van der Waals surface area contributed by atoms with Crippen LogP contribution >= 0.6 is 0 Å². The maximum Gasteiger partial charge on any atom is 0.259 e. The van der Waals surface area contributed by atoms with E-state index < -0.39 is 21.7 Å². The highest BCUT2D eigenvalue weighted by Gasteiger charge is 2.24. The maximum absolute atomic E-state index is 14.0. The van der Waals surface area contributed by atoms with Crippen LogP contribution in [0.3, 0.4) is 0 Å². The zero-order valence-electron chi connectivity index (χ0n) is 15.7. The van der Waals surface area contributed by atoms with Crippen molar-refractivity contribution < 1.29 is 22.3 Å². The number of nitrogens with one attached hydrogen (secondary N) is 1. The van der Waals surface area contributed by atoms with Crippen molar-refractivity contribution in [3.8, 4) is 5.75 Å². The molecule has 1 N–H and O–H groups in total. The van der Waals surface area contributed by atoms with E-state index in [1.54, 1.807) is 26.8 Å². The van der Waals surface area contributed by atoms with Crippen LogP contribution in [-0.4, -0.2) is 38.8 Å². The van der Waals surface area contributed by atoms with Crippen molar-refractivity contribution in [2.75, 3.05) is 25.5 Å². The molecular weight excluding hydrogens is 371 g/mol. The normalized spacial score (nSPS) is 11.5. The topological polar surface area (TPSA) is 75.7 Å². The molecule has 2 rings (SSSR count). The van der Waals surface area contributed by atoms with Gasteiger partial charge in [-0.3, -0.25) is 4.79 Å². The van der Waals surface area contributed by atoms with Gasteiger partial charge < -0.3 is 10.1 Å². The Balaban J connectivity index is 2.44. The molecule has 0 aromatic heterocycles. The van der Waals surface area contributed by atoms with Crippen LogP contribution in [-0.2, 0) is 10.0 Å². The first-order valence-electron chi connectivity index (χ1n) is 8.50. The summed E-state index contributed by atoms with van der Waals surface area (Å²) in [5.41, 5.74) is 0.728. The fourth-order valence-corrected chi connectivity index (χ4v) is 4.13. The minimum atomic E-state index is -3.75. The number of nitrogens with zero attached hydrogens (tertiary/aromatic N) is 1. The number of benzene rings is 2. The smallest absolute Gasteiger partial charge is 0.259 e. The minimum absolute atomic E-state index is 0.00431. The van der Waals surface area contributed by atoms with Gasteiger partial charge in [0.1, 0.15) is 11.6 Å². The van der Waals surface area contributed by atoms with Crippen LogP contribution in [0.4, 0.5) is 10.1 Å². The van der Waals surface area contributed by atoms with Gasteiger partial charge in [0.05, 0.1) is 23.3 Å². The Labute approximate surface area is 159 Å². The number of carbonyl (C=O) groups is 1. The Bertz CT molecular complexity index is 941. The van der Waals surface area contributed by atoms with E-state index in [4.69, 9.17) is 4.74 Å². The van der Waals surface area contributed by atoms with Gasteiger partial charge in [0, 0.05) is 13.1 Å². The highest BCUT2D eigenvalue weighted by atomic mass is 32.2. The summed E-state index contributed by atoms with van der Waals surface area (Å²) >= 11 is 0. The third-order valence-electron chi connectivity index (χ3n) is 4.13. The number of sulfonamides is 1. The lowest BCUT2D eigenvalue weighted by atomic mass is 10.1. The molecule has 1 amide bonds. The molecule has 2 aromatic rings. The first kappa shape index (κ1) is 20.9. The highest BCUT2D eigenvalue weighted by Crippen LogP contribution is 2.26. The predicted octanol–water partition coefficient (Wildman–Crippen LogP) is 3.43. The molecule has 0 aliphatic heterocycles. The molecule has 2 aromatic carbocycles. The van der Waals surface area contributed by atoms with Gasteiger partial charge in [-0.05, 0) is 42.8 Å². The largest absolute Gasteiger partial charge is 0.496 e. The average Bonchev–Trinajstić information content (AvgIpc) is 2.64. The molecule has 0 aliphatic rings. The number of amides is 1. The lowest BCUT2D eigenvalue weighted by Gasteiger charge is -2.19. The number of hydrogen-bond acceptors (Lipinski definition) is 4. The van der Waals surface area contributed by atoms with Crippen LogP contribution in [0.5, 0.6) is 5.75 Å². The summed E-state index contributed by atoms with van der Waals surface area (Å²) in [6, 6.07) is 8.46. The molecule has 0 radical (unpaired) electrons. The van der Waals surface area contributed by atoms with Crippen LogP contribution in [0.15, 0.2) is 41.3 Å². The molecule has 0 atom stereocenters. The van der Waals surface area contributed by atoms with Crippen molar-refractivity contribution in [3.63, 3.8) is 0 Å². The summed E-state index contributed by atoms with van der Waals surface area (Å²) in [6.07, 6.45) is 0.